The number of alkyl carbamates (subject to hydrolysis) is 1. The molecule has 12 heteroatoms. The first-order valence-corrected chi connectivity index (χ1v) is 18.4. The van der Waals surface area contributed by atoms with Crippen LogP contribution in [0.15, 0.2) is 48.7 Å². The molecule has 272 valence electrons. The van der Waals surface area contributed by atoms with E-state index in [0.717, 1.165) is 93.6 Å². The number of hydrogen-bond acceptors (Lipinski definition) is 7. The van der Waals surface area contributed by atoms with Crippen molar-refractivity contribution in [1.82, 2.24) is 35.1 Å². The van der Waals surface area contributed by atoms with Crippen LogP contribution in [0.3, 0.4) is 0 Å². The van der Waals surface area contributed by atoms with E-state index in [-0.39, 0.29) is 29.9 Å². The van der Waals surface area contributed by atoms with E-state index in [1.54, 1.807) is 18.0 Å². The number of imidazole rings is 2. The molecule has 0 bridgehead atoms. The van der Waals surface area contributed by atoms with Gasteiger partial charge in [0, 0.05) is 30.0 Å². The Labute approximate surface area is 303 Å². The molecule has 2 aliphatic heterocycles. The van der Waals surface area contributed by atoms with Gasteiger partial charge in [-0.1, -0.05) is 32.0 Å². The van der Waals surface area contributed by atoms with Gasteiger partial charge in [0.2, 0.25) is 11.8 Å². The molecule has 52 heavy (non-hydrogen) atoms. The largest absolute Gasteiger partial charge is 0.488 e. The SMILES string of the molecule is CCCC(=O)N1CCC[C@H]1c1nc2c(ccc3cc4c(cc32)OCc2cc(-c3cnc([C@H](C)N(C(=O)[C@H](C)NC(=O)OC)[C@@H](C)CC)[nH]3)ccc2-4)[nH]1. The van der Waals surface area contributed by atoms with E-state index in [2.05, 4.69) is 62.7 Å². The number of methoxy groups -OCH3 is 1. The van der Waals surface area contributed by atoms with Crippen LogP contribution in [0.25, 0.3) is 44.2 Å². The zero-order valence-corrected chi connectivity index (χ0v) is 30.7. The van der Waals surface area contributed by atoms with E-state index in [9.17, 15) is 14.4 Å². The Kier molecular flexibility index (Phi) is 9.65. The molecule has 3 amide bonds. The summed E-state index contributed by atoms with van der Waals surface area (Å²) in [6.45, 7) is 10.8. The molecule has 1 fully saturated rings. The Morgan fingerprint density at radius 2 is 1.90 bits per heavy atom. The molecule has 4 atom stereocenters. The second-order valence-electron chi connectivity index (χ2n) is 14.0. The highest BCUT2D eigenvalue weighted by Crippen LogP contribution is 2.43. The standard InChI is InChI=1S/C40H47N7O5/c1-7-10-35(48)46-16-9-11-33(46)38-43-31-15-13-25-18-30-28-14-12-26(17-27(28)21-52-34(30)19-29(25)36(31)45-38)32-20-41-37(44-32)24(5)47(22(3)8-2)39(49)23(4)42-40(50)51-6/h12-15,17-20,22-24,33H,7-11,16,21H2,1-6H3,(H,41,44)(H,42,50)(H,43,45)/t22-,23-,24-,33-/m0/s1. The normalized spacial score (nSPS) is 16.9. The third-order valence-electron chi connectivity index (χ3n) is 10.6. The number of likely N-dealkylation sites (tertiary alicyclic amines) is 1. The Morgan fingerprint density at radius 3 is 2.67 bits per heavy atom. The van der Waals surface area contributed by atoms with E-state index in [0.29, 0.717) is 18.9 Å². The van der Waals surface area contributed by atoms with Crippen molar-refractivity contribution in [3.05, 3.63) is 65.9 Å². The summed E-state index contributed by atoms with van der Waals surface area (Å²) in [5, 5.41) is 4.67. The van der Waals surface area contributed by atoms with Crippen molar-refractivity contribution in [2.45, 2.75) is 97.5 Å². The maximum atomic E-state index is 13.5. The molecule has 0 radical (unpaired) electrons. The molecule has 12 nitrogen and oxygen atoms in total. The van der Waals surface area contributed by atoms with Crippen molar-refractivity contribution in [3.63, 3.8) is 0 Å². The summed E-state index contributed by atoms with van der Waals surface area (Å²) in [6, 6.07) is 13.6. The number of benzene rings is 3. The minimum atomic E-state index is -0.757. The monoisotopic (exact) mass is 705 g/mol. The van der Waals surface area contributed by atoms with E-state index in [1.165, 1.54) is 7.11 Å². The van der Waals surface area contributed by atoms with Crippen LogP contribution >= 0.6 is 0 Å². The summed E-state index contributed by atoms with van der Waals surface area (Å²) in [6.07, 6.45) is 5.18. The quantitative estimate of drug-likeness (QED) is 0.136. The number of nitrogens with zero attached hydrogens (tertiary/aromatic N) is 4. The zero-order valence-electron chi connectivity index (χ0n) is 30.7. The van der Waals surface area contributed by atoms with Crippen molar-refractivity contribution < 1.29 is 23.9 Å². The summed E-state index contributed by atoms with van der Waals surface area (Å²) in [5.74, 6) is 2.30. The molecule has 3 N–H and O–H groups in total. The van der Waals surface area contributed by atoms with Crippen molar-refractivity contribution in [3.8, 4) is 28.1 Å². The first kappa shape index (κ1) is 35.0. The first-order valence-electron chi connectivity index (χ1n) is 18.4. The van der Waals surface area contributed by atoms with Gasteiger partial charge in [-0.2, -0.15) is 0 Å². The number of ether oxygens (including phenoxy) is 2. The van der Waals surface area contributed by atoms with Gasteiger partial charge in [-0.05, 0) is 92.8 Å². The molecule has 7 rings (SSSR count). The Bertz CT molecular complexity index is 2150. The molecule has 0 aliphatic carbocycles. The highest BCUT2D eigenvalue weighted by Gasteiger charge is 2.33. The van der Waals surface area contributed by atoms with Gasteiger partial charge in [0.25, 0.3) is 0 Å². The lowest BCUT2D eigenvalue weighted by molar-refractivity contribution is -0.137. The second kappa shape index (κ2) is 14.3. The van der Waals surface area contributed by atoms with Crippen molar-refractivity contribution in [1.29, 1.82) is 0 Å². The summed E-state index contributed by atoms with van der Waals surface area (Å²) in [7, 11) is 1.27. The minimum Gasteiger partial charge on any atom is -0.488 e. The van der Waals surface area contributed by atoms with Crippen LogP contribution in [-0.2, 0) is 20.9 Å². The highest BCUT2D eigenvalue weighted by atomic mass is 16.5. The smallest absolute Gasteiger partial charge is 0.407 e. The maximum Gasteiger partial charge on any atom is 0.407 e. The number of aromatic amines is 2. The molecule has 0 unspecified atom stereocenters. The van der Waals surface area contributed by atoms with Gasteiger partial charge in [0.15, 0.2) is 0 Å². The number of carbonyl (C=O) groups excluding carboxylic acids is 3. The number of hydrogen-bond donors (Lipinski definition) is 3. The summed E-state index contributed by atoms with van der Waals surface area (Å²) in [5.41, 5.74) is 6.84. The van der Waals surface area contributed by atoms with E-state index in [4.69, 9.17) is 14.5 Å². The molecular formula is C40H47N7O5. The van der Waals surface area contributed by atoms with Gasteiger partial charge in [-0.25, -0.2) is 14.8 Å². The molecule has 5 aromatic rings. The Hall–Kier alpha value is -5.39. The van der Waals surface area contributed by atoms with Crippen LogP contribution in [0, 0.1) is 0 Å². The topological polar surface area (TPSA) is 146 Å². The fraction of sp³-hybridized carbons (Fsp3) is 0.425. The van der Waals surface area contributed by atoms with Crippen LogP contribution in [0.5, 0.6) is 5.75 Å². The molecule has 2 aliphatic rings. The van der Waals surface area contributed by atoms with Crippen LogP contribution in [0.1, 0.15) is 96.0 Å². The average Bonchev–Trinajstić information content (AvgIpc) is 3.94. The van der Waals surface area contributed by atoms with Crippen LogP contribution in [-0.4, -0.2) is 73.4 Å². The van der Waals surface area contributed by atoms with E-state index >= 15 is 0 Å². The summed E-state index contributed by atoms with van der Waals surface area (Å²) >= 11 is 0. The fourth-order valence-corrected chi connectivity index (χ4v) is 7.67. The van der Waals surface area contributed by atoms with Crippen LogP contribution < -0.4 is 10.1 Å². The van der Waals surface area contributed by atoms with Crippen LogP contribution in [0.4, 0.5) is 4.79 Å². The molecule has 0 spiro atoms. The van der Waals surface area contributed by atoms with Crippen molar-refractivity contribution in [2.24, 2.45) is 0 Å². The van der Waals surface area contributed by atoms with Gasteiger partial charge < -0.3 is 34.6 Å². The Balaban J connectivity index is 1.15. The lowest BCUT2D eigenvalue weighted by Crippen LogP contribution is -2.50. The predicted molar refractivity (Wildman–Crippen MR) is 200 cm³/mol. The summed E-state index contributed by atoms with van der Waals surface area (Å²) < 4.78 is 11.1. The maximum absolute atomic E-state index is 13.5. The molecule has 0 saturated carbocycles. The third kappa shape index (κ3) is 6.35. The molecule has 2 aromatic heterocycles. The predicted octanol–water partition coefficient (Wildman–Crippen LogP) is 7.56. The number of nitrogens with one attached hydrogen (secondary N) is 3. The van der Waals surface area contributed by atoms with Gasteiger partial charge in [-0.15, -0.1) is 0 Å². The van der Waals surface area contributed by atoms with Gasteiger partial charge >= 0.3 is 6.09 Å². The second-order valence-corrected chi connectivity index (χ2v) is 14.0. The van der Waals surface area contributed by atoms with Gasteiger partial charge in [-0.3, -0.25) is 9.59 Å². The fourth-order valence-electron chi connectivity index (χ4n) is 7.67. The van der Waals surface area contributed by atoms with Crippen molar-refractivity contribution >= 4 is 39.7 Å². The minimum absolute atomic E-state index is 0.0222. The molecule has 3 aromatic carbocycles. The number of aromatic nitrogens is 4. The van der Waals surface area contributed by atoms with E-state index in [1.807, 2.05) is 32.6 Å². The van der Waals surface area contributed by atoms with Gasteiger partial charge in [0.1, 0.15) is 30.0 Å². The molecular weight excluding hydrogens is 658 g/mol. The number of carbonyl (C=O) groups is 3. The highest BCUT2D eigenvalue weighted by molar-refractivity contribution is 6.07. The molecule has 4 heterocycles. The number of amides is 3. The lowest BCUT2D eigenvalue weighted by atomic mass is 9.92. The third-order valence-corrected chi connectivity index (χ3v) is 10.6. The number of fused-ring (bicyclic) bond motifs is 6. The Morgan fingerprint density at radius 1 is 1.08 bits per heavy atom. The van der Waals surface area contributed by atoms with Gasteiger partial charge in [0.05, 0.1) is 42.1 Å². The average molecular weight is 706 g/mol. The molecule has 1 saturated heterocycles. The van der Waals surface area contributed by atoms with Crippen LogP contribution in [0.2, 0.25) is 0 Å². The van der Waals surface area contributed by atoms with Crippen molar-refractivity contribution in [2.75, 3.05) is 13.7 Å². The lowest BCUT2D eigenvalue weighted by Gasteiger charge is -2.35. The zero-order chi connectivity index (χ0) is 36.7. The summed E-state index contributed by atoms with van der Waals surface area (Å²) in [4.78, 5) is 58.6. The number of rotatable bonds is 10. The van der Waals surface area contributed by atoms with E-state index < -0.39 is 12.1 Å². The number of H-pyrrole nitrogens is 2. The first-order chi connectivity index (χ1) is 25.1.